The van der Waals surface area contributed by atoms with Crippen molar-refractivity contribution in [1.29, 1.82) is 0 Å². The molecule has 3 N–H and O–H groups in total. The van der Waals surface area contributed by atoms with E-state index in [1.807, 2.05) is 6.92 Å². The highest BCUT2D eigenvalue weighted by atomic mass is 32.1. The van der Waals surface area contributed by atoms with Gasteiger partial charge in [0.2, 0.25) is 0 Å². The molecule has 2 aliphatic rings. The third-order valence-corrected chi connectivity index (χ3v) is 7.24. The minimum atomic E-state index is -1.07. The number of aliphatic hydroxyl groups is 3. The molecular formula is C22H31NO7S. The van der Waals surface area contributed by atoms with Crippen LogP contribution in [0.1, 0.15) is 60.0 Å². The van der Waals surface area contributed by atoms with Crippen molar-refractivity contribution >= 4 is 22.9 Å². The third-order valence-electron chi connectivity index (χ3n) is 6.12. The average Bonchev–Trinajstić information content (AvgIpc) is 3.27. The number of nitrogens with zero attached hydrogens (tertiary/aromatic N) is 1. The Hall–Kier alpha value is -1.49. The van der Waals surface area contributed by atoms with Gasteiger partial charge in [0, 0.05) is 25.0 Å². The van der Waals surface area contributed by atoms with Crippen LogP contribution in [0, 0.1) is 11.8 Å². The van der Waals surface area contributed by atoms with Crippen molar-refractivity contribution in [2.45, 2.75) is 77.2 Å². The van der Waals surface area contributed by atoms with Gasteiger partial charge >= 0.3 is 0 Å². The third kappa shape index (κ3) is 5.85. The smallest absolute Gasteiger partial charge is 0.197 e. The largest absolute Gasteiger partial charge is 0.393 e. The molecule has 1 aromatic heterocycles. The van der Waals surface area contributed by atoms with Crippen LogP contribution < -0.4 is 0 Å². The standard InChI is InChI=1S/C22H31NO7S/c1-10(5-15(26)18-8-23-22(31-18)13(4)25)6-16-20(28)19(27)14(9-29-16)7-17-21(30-17)11(2)12(3)24/h5,8,11-12,14,16-17,19-21,24,27-28H,6-7,9H2,1-4H3/b10-5+/t11-,12-,14-,16-,17-,19+,20-,21-/m0/s1. The van der Waals surface area contributed by atoms with Crippen molar-refractivity contribution in [3.8, 4) is 0 Å². The molecule has 0 spiro atoms. The van der Waals surface area contributed by atoms with Crippen LogP contribution in [-0.4, -0.2) is 75.1 Å². The molecule has 9 heteroatoms. The minimum Gasteiger partial charge on any atom is -0.393 e. The number of carbonyl (C=O) groups is 2. The number of rotatable bonds is 9. The first-order chi connectivity index (χ1) is 14.6. The maximum Gasteiger partial charge on any atom is 0.197 e. The van der Waals surface area contributed by atoms with Crippen molar-refractivity contribution in [3.05, 3.63) is 27.7 Å². The molecule has 0 bridgehead atoms. The molecule has 3 rings (SSSR count). The zero-order valence-electron chi connectivity index (χ0n) is 18.2. The molecule has 0 saturated carbocycles. The lowest BCUT2D eigenvalue weighted by atomic mass is 9.85. The number of thiazole rings is 1. The predicted molar refractivity (Wildman–Crippen MR) is 114 cm³/mol. The molecular weight excluding hydrogens is 422 g/mol. The second-order valence-electron chi connectivity index (χ2n) is 8.73. The van der Waals surface area contributed by atoms with Crippen LogP contribution in [0.25, 0.3) is 0 Å². The van der Waals surface area contributed by atoms with E-state index in [2.05, 4.69) is 4.98 Å². The summed E-state index contributed by atoms with van der Waals surface area (Å²) in [4.78, 5) is 28.1. The van der Waals surface area contributed by atoms with E-state index in [0.717, 1.165) is 11.3 Å². The molecule has 0 radical (unpaired) electrons. The number of epoxide rings is 1. The van der Waals surface area contributed by atoms with Gasteiger partial charge in [0.25, 0.3) is 0 Å². The molecule has 0 unspecified atom stereocenters. The van der Waals surface area contributed by atoms with E-state index >= 15 is 0 Å². The lowest BCUT2D eigenvalue weighted by molar-refractivity contribution is -0.165. The Bertz CT molecular complexity index is 836. The Morgan fingerprint density at radius 2 is 1.97 bits per heavy atom. The Balaban J connectivity index is 1.52. The monoisotopic (exact) mass is 453 g/mol. The number of hydrogen-bond acceptors (Lipinski definition) is 9. The number of Topliss-reactive ketones (excluding diaryl/α,β-unsaturated/α-hetero) is 1. The highest BCUT2D eigenvalue weighted by molar-refractivity contribution is 7.15. The number of aliphatic hydroxyl groups excluding tert-OH is 3. The Kier molecular flexibility index (Phi) is 7.77. The highest BCUT2D eigenvalue weighted by Crippen LogP contribution is 2.38. The Labute approximate surface area is 185 Å². The number of ketones is 2. The van der Waals surface area contributed by atoms with Gasteiger partial charge in [-0.3, -0.25) is 9.59 Å². The molecule has 0 aliphatic carbocycles. The highest BCUT2D eigenvalue weighted by Gasteiger charge is 2.48. The van der Waals surface area contributed by atoms with E-state index in [4.69, 9.17) is 9.47 Å². The SMILES string of the molecule is CC(=O)c1ncc(C(=O)/C=C(\C)C[C@@H]2OC[C@H](C[C@@H]3O[C@H]3[C@@H](C)[C@H](C)O)[C@@H](O)[C@H]2O)s1. The lowest BCUT2D eigenvalue weighted by Gasteiger charge is -2.38. The van der Waals surface area contributed by atoms with Gasteiger partial charge in [0.1, 0.15) is 6.10 Å². The van der Waals surface area contributed by atoms with Gasteiger partial charge < -0.3 is 24.8 Å². The summed E-state index contributed by atoms with van der Waals surface area (Å²) >= 11 is 1.05. The summed E-state index contributed by atoms with van der Waals surface area (Å²) < 4.78 is 11.5. The van der Waals surface area contributed by atoms with Crippen LogP contribution in [0.4, 0.5) is 0 Å². The Morgan fingerprint density at radius 3 is 2.58 bits per heavy atom. The van der Waals surface area contributed by atoms with Gasteiger partial charge in [-0.05, 0) is 32.8 Å². The van der Waals surface area contributed by atoms with Gasteiger partial charge in [-0.25, -0.2) is 4.98 Å². The fraction of sp³-hybridized carbons (Fsp3) is 0.682. The summed E-state index contributed by atoms with van der Waals surface area (Å²) in [5, 5.41) is 31.1. The van der Waals surface area contributed by atoms with Crippen molar-refractivity contribution in [1.82, 2.24) is 4.98 Å². The quantitative estimate of drug-likeness (QED) is 0.293. The molecule has 2 aliphatic heterocycles. The van der Waals surface area contributed by atoms with Gasteiger partial charge in [0.15, 0.2) is 16.6 Å². The van der Waals surface area contributed by atoms with Gasteiger partial charge in [0.05, 0.1) is 42.0 Å². The van der Waals surface area contributed by atoms with Gasteiger partial charge in [-0.2, -0.15) is 0 Å². The fourth-order valence-corrected chi connectivity index (χ4v) is 4.66. The molecule has 2 fully saturated rings. The number of hydrogen-bond donors (Lipinski definition) is 3. The number of allylic oxidation sites excluding steroid dienone is 1. The number of aromatic nitrogens is 1. The first-order valence-electron chi connectivity index (χ1n) is 10.6. The topological polar surface area (TPSA) is 129 Å². The number of carbonyl (C=O) groups excluding carboxylic acids is 2. The lowest BCUT2D eigenvalue weighted by Crippen LogP contribution is -2.50. The van der Waals surface area contributed by atoms with Crippen LogP contribution in [-0.2, 0) is 9.47 Å². The minimum absolute atomic E-state index is 0.0136. The Morgan fingerprint density at radius 1 is 1.26 bits per heavy atom. The first kappa shape index (κ1) is 24.2. The van der Waals surface area contributed by atoms with Crippen molar-refractivity contribution < 1.29 is 34.4 Å². The summed E-state index contributed by atoms with van der Waals surface area (Å²) in [7, 11) is 0. The van der Waals surface area contributed by atoms with E-state index in [0.29, 0.717) is 28.3 Å². The first-order valence-corrected chi connectivity index (χ1v) is 11.4. The van der Waals surface area contributed by atoms with E-state index in [-0.39, 0.29) is 42.2 Å². The molecule has 0 aromatic carbocycles. The van der Waals surface area contributed by atoms with Crippen LogP contribution in [0.2, 0.25) is 0 Å². The summed E-state index contributed by atoms with van der Waals surface area (Å²) in [5.74, 6) is -0.680. The summed E-state index contributed by atoms with van der Waals surface area (Å²) in [6.45, 7) is 7.11. The van der Waals surface area contributed by atoms with E-state index < -0.39 is 24.4 Å². The van der Waals surface area contributed by atoms with Gasteiger partial charge in [-0.15, -0.1) is 11.3 Å². The maximum absolute atomic E-state index is 12.4. The second kappa shape index (κ2) is 9.97. The molecule has 172 valence electrons. The number of ether oxygens (including phenoxy) is 2. The van der Waals surface area contributed by atoms with E-state index in [1.165, 1.54) is 19.2 Å². The van der Waals surface area contributed by atoms with Gasteiger partial charge in [-0.1, -0.05) is 12.5 Å². The summed E-state index contributed by atoms with van der Waals surface area (Å²) in [6.07, 6.45) is 0.519. The van der Waals surface area contributed by atoms with Crippen LogP contribution in [0.3, 0.4) is 0 Å². The normalized spacial score (nSPS) is 33.1. The molecule has 31 heavy (non-hydrogen) atoms. The van der Waals surface area contributed by atoms with Crippen LogP contribution in [0.15, 0.2) is 17.8 Å². The van der Waals surface area contributed by atoms with Crippen molar-refractivity contribution in [2.24, 2.45) is 11.8 Å². The zero-order chi connectivity index (χ0) is 22.9. The van der Waals surface area contributed by atoms with E-state index in [9.17, 15) is 24.9 Å². The molecule has 0 amide bonds. The van der Waals surface area contributed by atoms with Crippen molar-refractivity contribution in [2.75, 3.05) is 6.61 Å². The predicted octanol–water partition coefficient (Wildman–Crippen LogP) is 1.78. The zero-order valence-corrected chi connectivity index (χ0v) is 19.0. The molecule has 8 nitrogen and oxygen atoms in total. The summed E-state index contributed by atoms with van der Waals surface area (Å²) in [5.41, 5.74) is 0.703. The maximum atomic E-state index is 12.4. The second-order valence-corrected chi connectivity index (χ2v) is 9.76. The van der Waals surface area contributed by atoms with Crippen molar-refractivity contribution in [3.63, 3.8) is 0 Å². The fourth-order valence-electron chi connectivity index (χ4n) is 3.93. The molecule has 8 atom stereocenters. The van der Waals surface area contributed by atoms with Crippen LogP contribution >= 0.6 is 11.3 Å². The molecule has 3 heterocycles. The van der Waals surface area contributed by atoms with E-state index in [1.54, 1.807) is 13.8 Å². The molecule has 1 aromatic rings. The molecule has 2 saturated heterocycles. The van der Waals surface area contributed by atoms with Crippen LogP contribution in [0.5, 0.6) is 0 Å². The average molecular weight is 454 g/mol. The summed E-state index contributed by atoms with van der Waals surface area (Å²) in [6, 6.07) is 0.